The molecular weight excluding hydrogens is 216 g/mol. The van der Waals surface area contributed by atoms with Crippen LogP contribution in [0.4, 0.5) is 0 Å². The number of aryl methyl sites for hydroxylation is 1. The van der Waals surface area contributed by atoms with Crippen LogP contribution in [0, 0.1) is 6.92 Å². The van der Waals surface area contributed by atoms with Gasteiger partial charge in [-0.15, -0.1) is 0 Å². The summed E-state index contributed by atoms with van der Waals surface area (Å²) in [4.78, 5) is 1.44. The molecule has 16 heavy (non-hydrogen) atoms. The molecule has 0 spiro atoms. The van der Waals surface area contributed by atoms with Crippen LogP contribution in [-0.2, 0) is 5.41 Å². The summed E-state index contributed by atoms with van der Waals surface area (Å²) in [5.74, 6) is 0.384. The summed E-state index contributed by atoms with van der Waals surface area (Å²) in [6.45, 7) is 8.71. The molecule has 1 aromatic carbocycles. The van der Waals surface area contributed by atoms with Crippen LogP contribution in [0.1, 0.15) is 31.9 Å². The van der Waals surface area contributed by atoms with E-state index in [9.17, 15) is 5.11 Å². The maximum absolute atomic E-state index is 9.76. The molecule has 0 fully saturated rings. The lowest BCUT2D eigenvalue weighted by atomic mass is 9.86. The Hall–Kier alpha value is -0.630. The number of phenolic OH excluding ortho intramolecular Hbond substituents is 1. The number of rotatable bonds is 1. The molecule has 2 heteroatoms. The van der Waals surface area contributed by atoms with Gasteiger partial charge in [0.25, 0.3) is 0 Å². The topological polar surface area (TPSA) is 20.2 Å². The minimum atomic E-state index is -0.775. The molecule has 0 amide bonds. The first-order chi connectivity index (χ1) is 7.03. The minimum Gasteiger partial charge on any atom is -0.508 e. The fraction of sp³-hybridized carbons (Fsp3) is 0.571. The van der Waals surface area contributed by atoms with E-state index >= 15 is 0 Å². The lowest BCUT2D eigenvalue weighted by Crippen LogP contribution is -2.16. The van der Waals surface area contributed by atoms with Gasteiger partial charge in [0.15, 0.2) is 0 Å². The molecule has 1 nitrogen and oxygen atoms in total. The number of benzene rings is 1. The fourth-order valence-corrected chi connectivity index (χ4v) is 4.17. The van der Waals surface area contributed by atoms with Gasteiger partial charge in [0.2, 0.25) is 0 Å². The highest BCUT2D eigenvalue weighted by atomic mass is 32.3. The van der Waals surface area contributed by atoms with Gasteiger partial charge in [-0.25, -0.2) is 10.0 Å². The summed E-state index contributed by atoms with van der Waals surface area (Å²) in [5, 5.41) is 9.76. The molecule has 92 valence electrons. The third-order valence-corrected chi connectivity index (χ3v) is 4.45. The van der Waals surface area contributed by atoms with Crippen LogP contribution in [0.15, 0.2) is 17.0 Å². The molecule has 0 aliphatic carbocycles. The second-order valence-electron chi connectivity index (χ2n) is 6.23. The molecule has 0 atom stereocenters. The lowest BCUT2D eigenvalue weighted by molar-refractivity contribution is 0.468. The van der Waals surface area contributed by atoms with E-state index in [1.54, 1.807) is 0 Å². The Morgan fingerprint density at radius 2 is 1.56 bits per heavy atom. The summed E-state index contributed by atoms with van der Waals surface area (Å²) in [6.07, 6.45) is 6.92. The van der Waals surface area contributed by atoms with E-state index in [0.717, 1.165) is 0 Å². The van der Waals surface area contributed by atoms with Crippen molar-refractivity contribution < 1.29 is 5.11 Å². The van der Waals surface area contributed by atoms with E-state index in [1.165, 1.54) is 16.0 Å². The van der Waals surface area contributed by atoms with Gasteiger partial charge in [-0.2, -0.15) is 0 Å². The van der Waals surface area contributed by atoms with Crippen LogP contribution in [0.25, 0.3) is 0 Å². The van der Waals surface area contributed by atoms with E-state index in [4.69, 9.17) is 0 Å². The number of phenols is 1. The molecule has 0 aliphatic rings. The SMILES string of the molecule is Cc1cc(O)cc(C(C)(C)C)c1S(C)(C)C. The van der Waals surface area contributed by atoms with E-state index in [2.05, 4.69) is 46.5 Å². The third-order valence-electron chi connectivity index (χ3n) is 2.68. The van der Waals surface area contributed by atoms with Gasteiger partial charge >= 0.3 is 0 Å². The Morgan fingerprint density at radius 1 is 1.06 bits per heavy atom. The smallest absolute Gasteiger partial charge is 0.116 e. The van der Waals surface area contributed by atoms with E-state index in [0.29, 0.717) is 5.75 Å². The normalized spacial score (nSPS) is 13.9. The standard InChI is InChI=1S/C14H24OS/c1-10-8-11(15)9-12(14(2,3)4)13(10)16(5,6)7/h8-9,15H,1-7H3. The van der Waals surface area contributed by atoms with E-state index in [-0.39, 0.29) is 5.41 Å². The molecular formula is C14H24OS. The van der Waals surface area contributed by atoms with Gasteiger partial charge in [-0.1, -0.05) is 20.8 Å². The van der Waals surface area contributed by atoms with Crippen LogP contribution in [0.3, 0.4) is 0 Å². The summed E-state index contributed by atoms with van der Waals surface area (Å²) < 4.78 is 0. The molecule has 0 heterocycles. The first kappa shape index (κ1) is 13.4. The van der Waals surface area contributed by atoms with Crippen molar-refractivity contribution in [3.63, 3.8) is 0 Å². The van der Waals surface area contributed by atoms with Gasteiger partial charge in [0.1, 0.15) is 5.75 Å². The highest BCUT2D eigenvalue weighted by molar-refractivity contribution is 8.32. The van der Waals surface area contributed by atoms with Crippen molar-refractivity contribution in [2.75, 3.05) is 18.8 Å². The Balaban J connectivity index is 3.58. The van der Waals surface area contributed by atoms with Gasteiger partial charge in [-0.3, -0.25) is 0 Å². The van der Waals surface area contributed by atoms with Crippen LogP contribution in [-0.4, -0.2) is 23.9 Å². The Morgan fingerprint density at radius 3 is 1.94 bits per heavy atom. The highest BCUT2D eigenvalue weighted by Crippen LogP contribution is 2.52. The minimum absolute atomic E-state index is 0.0825. The molecule has 0 saturated carbocycles. The lowest BCUT2D eigenvalue weighted by Gasteiger charge is -2.35. The Labute approximate surface area is 101 Å². The highest BCUT2D eigenvalue weighted by Gasteiger charge is 2.24. The van der Waals surface area contributed by atoms with Crippen LogP contribution in [0.5, 0.6) is 5.75 Å². The van der Waals surface area contributed by atoms with Crippen molar-refractivity contribution in [3.8, 4) is 5.75 Å². The maximum atomic E-state index is 9.76. The van der Waals surface area contributed by atoms with Gasteiger partial charge < -0.3 is 5.11 Å². The predicted molar refractivity (Wildman–Crippen MR) is 75.2 cm³/mol. The van der Waals surface area contributed by atoms with Crippen molar-refractivity contribution in [2.24, 2.45) is 0 Å². The largest absolute Gasteiger partial charge is 0.508 e. The van der Waals surface area contributed by atoms with Crippen molar-refractivity contribution in [1.82, 2.24) is 0 Å². The number of aromatic hydroxyl groups is 1. The van der Waals surface area contributed by atoms with Gasteiger partial charge in [0.05, 0.1) is 0 Å². The average molecular weight is 240 g/mol. The first-order valence-electron chi connectivity index (χ1n) is 5.56. The molecule has 0 unspecified atom stereocenters. The van der Waals surface area contributed by atoms with Crippen LogP contribution >= 0.6 is 10.0 Å². The van der Waals surface area contributed by atoms with E-state index < -0.39 is 10.0 Å². The van der Waals surface area contributed by atoms with Crippen molar-refractivity contribution >= 4 is 10.0 Å². The third kappa shape index (κ3) is 2.73. The summed E-state index contributed by atoms with van der Waals surface area (Å²) in [6, 6.07) is 3.81. The van der Waals surface area contributed by atoms with Crippen LogP contribution in [0.2, 0.25) is 0 Å². The number of hydrogen-bond acceptors (Lipinski definition) is 1. The quantitative estimate of drug-likeness (QED) is 0.785. The average Bonchev–Trinajstić information content (AvgIpc) is 1.97. The molecule has 1 rings (SSSR count). The fourth-order valence-electron chi connectivity index (χ4n) is 2.12. The van der Waals surface area contributed by atoms with Crippen molar-refractivity contribution in [3.05, 3.63) is 23.3 Å². The van der Waals surface area contributed by atoms with E-state index in [1.807, 2.05) is 12.1 Å². The second-order valence-corrected chi connectivity index (χ2v) is 10.3. The Bertz CT molecular complexity index is 394. The van der Waals surface area contributed by atoms with Crippen LogP contribution < -0.4 is 0 Å². The van der Waals surface area contributed by atoms with Crippen molar-refractivity contribution in [1.29, 1.82) is 0 Å². The van der Waals surface area contributed by atoms with Gasteiger partial charge in [0, 0.05) is 0 Å². The zero-order chi connectivity index (χ0) is 12.7. The molecule has 0 bridgehead atoms. The predicted octanol–water partition coefficient (Wildman–Crippen LogP) is 4.05. The van der Waals surface area contributed by atoms with Gasteiger partial charge in [-0.05, 0) is 59.3 Å². The molecule has 1 aromatic rings. The summed E-state index contributed by atoms with van der Waals surface area (Å²) in [5.41, 5.74) is 2.58. The number of hydrogen-bond donors (Lipinski definition) is 1. The summed E-state index contributed by atoms with van der Waals surface area (Å²) in [7, 11) is -0.775. The molecule has 0 saturated heterocycles. The Kier molecular flexibility index (Phi) is 3.35. The maximum Gasteiger partial charge on any atom is 0.116 e. The molecule has 1 N–H and O–H groups in total. The zero-order valence-corrected chi connectivity index (χ0v) is 12.3. The first-order valence-corrected chi connectivity index (χ1v) is 8.41. The monoisotopic (exact) mass is 240 g/mol. The van der Waals surface area contributed by atoms with Crippen molar-refractivity contribution in [2.45, 2.75) is 38.0 Å². The molecule has 0 radical (unpaired) electrons. The molecule has 0 aromatic heterocycles. The zero-order valence-electron chi connectivity index (χ0n) is 11.5. The summed E-state index contributed by atoms with van der Waals surface area (Å²) >= 11 is 0. The molecule has 0 aliphatic heterocycles. The second kappa shape index (κ2) is 3.99.